The molecule has 0 aromatic carbocycles. The molecule has 0 spiro atoms. The van der Waals surface area contributed by atoms with Crippen LogP contribution in [0.15, 0.2) is 0 Å². The van der Waals surface area contributed by atoms with Gasteiger partial charge in [0.1, 0.15) is 0 Å². The second-order valence-corrected chi connectivity index (χ2v) is 5.70. The Balaban J connectivity index is 2.20. The summed E-state index contributed by atoms with van der Waals surface area (Å²) in [6.07, 6.45) is 3.63. The van der Waals surface area contributed by atoms with E-state index in [-0.39, 0.29) is 11.1 Å². The predicted molar refractivity (Wildman–Crippen MR) is 63.9 cm³/mol. The van der Waals surface area contributed by atoms with Crippen LogP contribution in [0, 0.1) is 0 Å². The van der Waals surface area contributed by atoms with Gasteiger partial charge in [-0.05, 0) is 53.5 Å². The van der Waals surface area contributed by atoms with Crippen LogP contribution < -0.4 is 11.1 Å². The molecule has 0 aliphatic carbocycles. The molecular weight excluding hydrogens is 188 g/mol. The highest BCUT2D eigenvalue weighted by Crippen LogP contribution is 2.25. The maximum atomic E-state index is 5.94. The molecule has 0 radical (unpaired) electrons. The third kappa shape index (κ3) is 4.09. The second-order valence-electron chi connectivity index (χ2n) is 5.70. The Hall–Kier alpha value is -0.120. The molecule has 1 aliphatic heterocycles. The van der Waals surface area contributed by atoms with Gasteiger partial charge in [-0.25, -0.2) is 0 Å². The Morgan fingerprint density at radius 1 is 1.53 bits per heavy atom. The standard InChI is InChI=1S/C12H26N2O/c1-10-12(4,7-9-15-10)14-8-5-6-11(2,3)13/h10,14H,5-9,13H2,1-4H3. The smallest absolute Gasteiger partial charge is 0.0726 e. The number of ether oxygens (including phenoxy) is 1. The zero-order valence-electron chi connectivity index (χ0n) is 10.6. The van der Waals surface area contributed by atoms with Gasteiger partial charge in [-0.2, -0.15) is 0 Å². The van der Waals surface area contributed by atoms with Crippen molar-refractivity contribution in [2.24, 2.45) is 5.73 Å². The summed E-state index contributed by atoms with van der Waals surface area (Å²) in [5.74, 6) is 0. The first-order chi connectivity index (χ1) is 6.83. The lowest BCUT2D eigenvalue weighted by atomic mass is 9.94. The largest absolute Gasteiger partial charge is 0.377 e. The van der Waals surface area contributed by atoms with Gasteiger partial charge in [0.05, 0.1) is 6.10 Å². The fourth-order valence-electron chi connectivity index (χ4n) is 1.98. The number of rotatable bonds is 5. The molecule has 3 N–H and O–H groups in total. The van der Waals surface area contributed by atoms with Gasteiger partial charge in [0, 0.05) is 17.7 Å². The summed E-state index contributed by atoms with van der Waals surface area (Å²) in [5.41, 5.74) is 6.06. The van der Waals surface area contributed by atoms with Crippen molar-refractivity contribution in [3.8, 4) is 0 Å². The molecule has 90 valence electrons. The zero-order chi connectivity index (χ0) is 11.5. The molecule has 0 amide bonds. The molecule has 1 aliphatic rings. The van der Waals surface area contributed by atoms with Crippen LogP contribution in [0.5, 0.6) is 0 Å². The Bertz CT molecular complexity index is 200. The molecule has 3 heteroatoms. The van der Waals surface area contributed by atoms with Crippen molar-refractivity contribution >= 4 is 0 Å². The predicted octanol–water partition coefficient (Wildman–Crippen LogP) is 1.66. The van der Waals surface area contributed by atoms with E-state index in [1.54, 1.807) is 0 Å². The quantitative estimate of drug-likeness (QED) is 0.684. The Labute approximate surface area is 93.8 Å². The Kier molecular flexibility index (Phi) is 4.15. The molecule has 0 saturated carbocycles. The van der Waals surface area contributed by atoms with Gasteiger partial charge in [-0.1, -0.05) is 0 Å². The van der Waals surface area contributed by atoms with Gasteiger partial charge in [0.25, 0.3) is 0 Å². The van der Waals surface area contributed by atoms with Gasteiger partial charge in [0.2, 0.25) is 0 Å². The number of hydrogen-bond donors (Lipinski definition) is 2. The number of hydrogen-bond acceptors (Lipinski definition) is 3. The molecule has 0 aromatic heterocycles. The molecule has 3 nitrogen and oxygen atoms in total. The monoisotopic (exact) mass is 214 g/mol. The van der Waals surface area contributed by atoms with E-state index >= 15 is 0 Å². The minimum absolute atomic E-state index is 0.0413. The topological polar surface area (TPSA) is 47.3 Å². The molecule has 1 fully saturated rings. The van der Waals surface area contributed by atoms with Crippen molar-refractivity contribution in [1.82, 2.24) is 5.32 Å². The second kappa shape index (κ2) is 4.81. The lowest BCUT2D eigenvalue weighted by Crippen LogP contribution is -2.48. The molecule has 0 bridgehead atoms. The first kappa shape index (κ1) is 12.9. The Morgan fingerprint density at radius 3 is 2.67 bits per heavy atom. The van der Waals surface area contributed by atoms with Crippen LogP contribution >= 0.6 is 0 Å². The maximum absolute atomic E-state index is 5.94. The summed E-state index contributed by atoms with van der Waals surface area (Å²) < 4.78 is 5.58. The molecule has 1 saturated heterocycles. The lowest BCUT2D eigenvalue weighted by Gasteiger charge is -2.29. The van der Waals surface area contributed by atoms with E-state index in [0.717, 1.165) is 32.4 Å². The minimum atomic E-state index is -0.0413. The van der Waals surface area contributed by atoms with Gasteiger partial charge in [-0.3, -0.25) is 0 Å². The van der Waals surface area contributed by atoms with E-state index in [9.17, 15) is 0 Å². The van der Waals surface area contributed by atoms with Crippen molar-refractivity contribution < 1.29 is 4.74 Å². The SMILES string of the molecule is CC1OCCC1(C)NCCCC(C)(C)N. The summed E-state index contributed by atoms with van der Waals surface area (Å²) in [6, 6.07) is 0. The van der Waals surface area contributed by atoms with E-state index in [0.29, 0.717) is 6.10 Å². The zero-order valence-corrected chi connectivity index (χ0v) is 10.6. The molecular formula is C12H26N2O. The molecule has 1 heterocycles. The molecule has 2 unspecified atom stereocenters. The van der Waals surface area contributed by atoms with Gasteiger partial charge in [-0.15, -0.1) is 0 Å². The fourth-order valence-corrected chi connectivity index (χ4v) is 1.98. The number of nitrogens with two attached hydrogens (primary N) is 1. The summed E-state index contributed by atoms with van der Waals surface area (Å²) in [7, 11) is 0. The third-order valence-electron chi connectivity index (χ3n) is 3.41. The highest BCUT2D eigenvalue weighted by molar-refractivity contribution is 4.93. The summed E-state index contributed by atoms with van der Waals surface area (Å²) in [5, 5.41) is 3.60. The summed E-state index contributed by atoms with van der Waals surface area (Å²) >= 11 is 0. The summed E-state index contributed by atoms with van der Waals surface area (Å²) in [6.45, 7) is 10.5. The number of nitrogens with one attached hydrogen (secondary N) is 1. The van der Waals surface area contributed by atoms with Crippen LogP contribution in [0.2, 0.25) is 0 Å². The van der Waals surface area contributed by atoms with Crippen LogP contribution in [-0.4, -0.2) is 30.3 Å². The van der Waals surface area contributed by atoms with Crippen LogP contribution in [0.4, 0.5) is 0 Å². The van der Waals surface area contributed by atoms with Crippen LogP contribution in [-0.2, 0) is 4.74 Å². The first-order valence-electron chi connectivity index (χ1n) is 5.99. The average Bonchev–Trinajstić information content (AvgIpc) is 2.41. The molecule has 2 atom stereocenters. The maximum Gasteiger partial charge on any atom is 0.0726 e. The van der Waals surface area contributed by atoms with Crippen LogP contribution in [0.1, 0.15) is 47.0 Å². The lowest BCUT2D eigenvalue weighted by molar-refractivity contribution is 0.0885. The summed E-state index contributed by atoms with van der Waals surface area (Å²) in [4.78, 5) is 0. The van der Waals surface area contributed by atoms with E-state index in [1.165, 1.54) is 0 Å². The van der Waals surface area contributed by atoms with Gasteiger partial charge < -0.3 is 15.8 Å². The van der Waals surface area contributed by atoms with Crippen molar-refractivity contribution in [2.45, 2.75) is 64.1 Å². The fraction of sp³-hybridized carbons (Fsp3) is 1.00. The third-order valence-corrected chi connectivity index (χ3v) is 3.41. The molecule has 15 heavy (non-hydrogen) atoms. The van der Waals surface area contributed by atoms with E-state index in [4.69, 9.17) is 10.5 Å². The molecule has 1 rings (SSSR count). The van der Waals surface area contributed by atoms with Crippen molar-refractivity contribution in [2.75, 3.05) is 13.2 Å². The van der Waals surface area contributed by atoms with E-state index in [1.807, 2.05) is 0 Å². The normalized spacial score (nSPS) is 32.2. The Morgan fingerprint density at radius 2 is 2.20 bits per heavy atom. The molecule has 0 aromatic rings. The van der Waals surface area contributed by atoms with E-state index in [2.05, 4.69) is 33.0 Å². The van der Waals surface area contributed by atoms with E-state index < -0.39 is 0 Å². The van der Waals surface area contributed by atoms with Crippen molar-refractivity contribution in [3.63, 3.8) is 0 Å². The average molecular weight is 214 g/mol. The van der Waals surface area contributed by atoms with Gasteiger partial charge >= 0.3 is 0 Å². The minimum Gasteiger partial charge on any atom is -0.377 e. The highest BCUT2D eigenvalue weighted by Gasteiger charge is 2.36. The van der Waals surface area contributed by atoms with Crippen molar-refractivity contribution in [1.29, 1.82) is 0 Å². The van der Waals surface area contributed by atoms with Crippen molar-refractivity contribution in [3.05, 3.63) is 0 Å². The van der Waals surface area contributed by atoms with Crippen LogP contribution in [0.25, 0.3) is 0 Å². The highest BCUT2D eigenvalue weighted by atomic mass is 16.5. The van der Waals surface area contributed by atoms with Crippen LogP contribution in [0.3, 0.4) is 0 Å². The first-order valence-corrected chi connectivity index (χ1v) is 5.99. The van der Waals surface area contributed by atoms with Gasteiger partial charge in [0.15, 0.2) is 0 Å².